The summed E-state index contributed by atoms with van der Waals surface area (Å²) in [6, 6.07) is 57.7. The van der Waals surface area contributed by atoms with Gasteiger partial charge in [-0.3, -0.25) is 70.5 Å². The van der Waals surface area contributed by atoms with E-state index in [9.17, 15) is 5.26 Å². The van der Waals surface area contributed by atoms with Gasteiger partial charge >= 0.3 is 87.5 Å². The molecule has 750 valence electrons. The van der Waals surface area contributed by atoms with Crippen molar-refractivity contribution in [1.82, 2.24) is 118 Å². The molecule has 0 spiro atoms. The van der Waals surface area contributed by atoms with Crippen LogP contribution in [0.4, 0.5) is 5.82 Å². The Morgan fingerprint density at radius 1 is 0.331 bits per heavy atom. The average molecular weight is 2320 g/mol. The maximum Gasteiger partial charge on any atom is 2.00 e. The van der Waals surface area contributed by atoms with Gasteiger partial charge in [0.2, 0.25) is 0 Å². The van der Waals surface area contributed by atoms with Crippen LogP contribution >= 0.6 is 0 Å². The third kappa shape index (κ3) is 20.9. The molecule has 4 aliphatic heterocycles. The third-order valence-electron chi connectivity index (χ3n) is 27.9. The van der Waals surface area contributed by atoms with Gasteiger partial charge in [0.05, 0.1) is 58.3 Å². The minimum atomic E-state index is -1.69. The number of pyridine rings is 8. The van der Waals surface area contributed by atoms with E-state index in [0.717, 1.165) is 159 Å². The second-order valence-electron chi connectivity index (χ2n) is 44.2. The van der Waals surface area contributed by atoms with Crippen molar-refractivity contribution in [1.29, 1.82) is 5.26 Å². The van der Waals surface area contributed by atoms with E-state index in [1.165, 1.54) is 42.3 Å². The minimum absolute atomic E-state index is 0. The molecule has 17 aromatic rings. The maximum absolute atomic E-state index is 9.88. The molecule has 32 bridgehead atoms. The molecule has 0 fully saturated rings. The molecule has 21 rings (SSSR count). The predicted molar refractivity (Wildman–Crippen MR) is 553 cm³/mol. The van der Waals surface area contributed by atoms with Crippen LogP contribution in [-0.2, 0) is 164 Å². The molecule has 26 nitrogen and oxygen atoms in total. The van der Waals surface area contributed by atoms with Gasteiger partial charge in [-0.1, -0.05) is 294 Å². The fraction of sp³-hybridized carbons (Fsp3) is 0.363. The zero-order chi connectivity index (χ0) is 100. The fourth-order valence-corrected chi connectivity index (χ4v) is 21.5. The molecule has 145 heavy (non-hydrogen) atoms. The van der Waals surface area contributed by atoms with Crippen molar-refractivity contribution in [3.63, 3.8) is 0 Å². The molecule has 20 heterocycles. The van der Waals surface area contributed by atoms with Gasteiger partial charge in [-0.15, -0.1) is 56.6 Å². The van der Waals surface area contributed by atoms with Crippen LogP contribution in [0, 0.1) is 67.5 Å². The normalized spacial score (nSPS) is 15.0. The number of nitriles is 1. The molecule has 1 aromatic carbocycles. The van der Waals surface area contributed by atoms with E-state index in [0.29, 0.717) is 33.9 Å². The number of aryl methyl sites for hydroxylation is 6. The molecule has 0 saturated carbocycles. The van der Waals surface area contributed by atoms with Gasteiger partial charge in [0.1, 0.15) is 0 Å². The Labute approximate surface area is 909 Å². The number of aromatic nitrogens is 24. The molecular weight excluding hydrogens is 2200 g/mol. The molecular formula is C113H120N26Pd4Si2. The van der Waals surface area contributed by atoms with Gasteiger partial charge in [-0.2, -0.15) is 0 Å². The Hall–Kier alpha value is -11.8. The van der Waals surface area contributed by atoms with Crippen LogP contribution in [0.1, 0.15) is 252 Å². The molecule has 4 aliphatic rings. The summed E-state index contributed by atoms with van der Waals surface area (Å²) in [5, 5.41) is 51.2. The van der Waals surface area contributed by atoms with E-state index in [-0.39, 0.29) is 115 Å². The summed E-state index contributed by atoms with van der Waals surface area (Å²) in [6.45, 7) is 65.6. The van der Waals surface area contributed by atoms with Crippen molar-refractivity contribution in [3.8, 4) is 74.9 Å². The van der Waals surface area contributed by atoms with Crippen molar-refractivity contribution in [2.24, 2.45) is 0 Å². The SMILES string of the molecule is CC(C)(C)c1nn2[c-]c1C(C)(C)C(C)(C)c1[c-]n(nc1C(C)(C)C)-c1cccc(n1)C(C)(C)c1cccc-2n1.CC1(C)c2cccc(n2)-n2[c-]c(c([Si](C)(C)C)n2)CCc2[c-]n(nc2[Si](C)(C)C)-c2cccc1n2.CCc1nn2[c-]c1CCCc1[c-]n(nc1CC)-c1cccc(n1)C(C)(C)c1cccc-2n1.[C-]#[N+]c1nn2[c-]c1-c1ccccc1-c1[c-]n(nc1C#N)-c1cccc(n1)C(C)(C)c1cccc-2n1.[Pd+2].[Pd+2].[Pd+2].[Pd+2]. The Bertz CT molecular complexity index is 7310. The molecule has 0 saturated heterocycles. The summed E-state index contributed by atoms with van der Waals surface area (Å²) >= 11 is 0. The predicted octanol–water partition coefficient (Wildman–Crippen LogP) is 20.1. The van der Waals surface area contributed by atoms with Crippen LogP contribution in [-0.4, -0.2) is 134 Å². The van der Waals surface area contributed by atoms with E-state index >= 15 is 0 Å². The number of benzene rings is 1. The number of hydrogen-bond acceptors (Lipinski definition) is 17. The summed E-state index contributed by atoms with van der Waals surface area (Å²) in [7, 11) is -3.38. The van der Waals surface area contributed by atoms with E-state index in [4.69, 9.17) is 77.0 Å². The van der Waals surface area contributed by atoms with Crippen LogP contribution in [0.2, 0.25) is 39.3 Å². The second-order valence-corrected chi connectivity index (χ2v) is 54.1. The van der Waals surface area contributed by atoms with Crippen LogP contribution < -0.4 is 10.6 Å². The fourth-order valence-electron chi connectivity index (χ4n) is 18.6. The first-order valence-electron chi connectivity index (χ1n) is 48.5. The van der Waals surface area contributed by atoms with Gasteiger partial charge in [0, 0.05) is 88.5 Å². The number of hydrogen-bond donors (Lipinski definition) is 0. The van der Waals surface area contributed by atoms with Crippen LogP contribution in [0.5, 0.6) is 0 Å². The molecule has 0 radical (unpaired) electrons. The molecule has 0 aliphatic carbocycles. The zero-order valence-corrected chi connectivity index (χ0v) is 95.2. The average Bonchev–Trinajstić information content (AvgIpc) is 1.57. The number of fused-ring (bicyclic) bond motifs is 43. The van der Waals surface area contributed by atoms with Crippen molar-refractivity contribution in [2.45, 2.75) is 266 Å². The maximum atomic E-state index is 9.88. The van der Waals surface area contributed by atoms with Crippen LogP contribution in [0.3, 0.4) is 0 Å². The molecule has 0 amide bonds. The second kappa shape index (κ2) is 41.1. The van der Waals surface area contributed by atoms with Crippen molar-refractivity contribution in [3.05, 3.63) is 338 Å². The largest absolute Gasteiger partial charge is 2.00 e. The first kappa shape index (κ1) is 109. The van der Waals surface area contributed by atoms with Gasteiger partial charge in [-0.25, -0.2) is 15.0 Å². The van der Waals surface area contributed by atoms with Crippen molar-refractivity contribution in [2.75, 3.05) is 0 Å². The molecule has 0 N–H and O–H groups in total. The molecule has 0 atom stereocenters. The third-order valence-corrected chi connectivity index (χ3v) is 31.5. The van der Waals surface area contributed by atoms with E-state index in [2.05, 4.69) is 283 Å². The van der Waals surface area contributed by atoms with Crippen molar-refractivity contribution < 1.29 is 81.7 Å². The van der Waals surface area contributed by atoms with E-state index < -0.39 is 37.8 Å². The van der Waals surface area contributed by atoms with Gasteiger partial charge in [0.25, 0.3) is 0 Å². The Morgan fingerprint density at radius 2 is 0.593 bits per heavy atom. The number of nitrogens with zero attached hydrogens (tertiary/aromatic N) is 26. The van der Waals surface area contributed by atoms with Crippen molar-refractivity contribution >= 4 is 32.6 Å². The standard InChI is InChI=1S/C33H42N6.C27H16N8.C27H34N6Si2.C26H28N6.4Pd/c1-29(2,3)27-21-19-38(36-27)25-17-13-15-23(34-25)31(7,8)24-16-14-18-26(35-24)39-20-22(28(37-39)30(4,5)6)33(11,12)32(21,9)10;1-27(2)22-10-6-12-24(30-22)34-15-19(21(14-28)32-34)17-8-4-5-9-18(17)20-16-35(33-26(20)29-3)25-13-7-11-23(27)31-25;1-27(2)21-11-9-13-23(28-21)32-17-19(25(30-32)34(3,4)5)15-16-20-18-33(31-26(20)35(6,7)8)24-14-10-12-22(27)29-24;1-5-20-18-10-7-11-19-17-32(30-21(19)6-2)25-15-9-13-23(28-25)26(3,4)22-12-8-14-24(27-22)31(16-18)29-20;;;;/h13-18H,1-12H3;4-13H,1-2H3;9-14H,15-16H2,1-8H3;8-9,12-15H,5-7,10-11H2,1-4H3;;;;/q4*-2;4*+2. The first-order valence-corrected chi connectivity index (χ1v) is 55.5. The Morgan fingerprint density at radius 3 is 0.869 bits per heavy atom. The summed E-state index contributed by atoms with van der Waals surface area (Å²) in [4.78, 5) is 43.6. The molecule has 0 unspecified atom stereocenters. The zero-order valence-electron chi connectivity index (χ0n) is 87.0. The van der Waals surface area contributed by atoms with Crippen LogP contribution in [0.25, 0.3) is 73.6 Å². The summed E-state index contributed by atoms with van der Waals surface area (Å²) < 4.78 is 14.0. The van der Waals surface area contributed by atoms with Gasteiger partial charge in [0.15, 0.2) is 0 Å². The quantitative estimate of drug-likeness (QED) is 0.117. The molecule has 32 heteroatoms. The Kier molecular flexibility index (Phi) is 30.9. The van der Waals surface area contributed by atoms with Gasteiger partial charge < -0.3 is 37.6 Å². The van der Waals surface area contributed by atoms with Gasteiger partial charge in [-0.05, 0) is 209 Å². The Balaban J connectivity index is 0.000000152. The number of rotatable bonds is 4. The molecule has 16 aromatic heterocycles. The summed E-state index contributed by atoms with van der Waals surface area (Å²) in [5.41, 5.74) is 18.0. The minimum Gasteiger partial charge on any atom is -0.343 e. The van der Waals surface area contributed by atoms with Crippen LogP contribution in [0.15, 0.2) is 170 Å². The summed E-state index contributed by atoms with van der Waals surface area (Å²) in [6.07, 6.45) is 34.3. The van der Waals surface area contributed by atoms with E-state index in [1.807, 2.05) is 163 Å². The smallest absolute Gasteiger partial charge is 0.343 e. The van der Waals surface area contributed by atoms with E-state index in [1.54, 1.807) is 0 Å². The monoisotopic (exact) mass is 2320 g/mol. The first-order chi connectivity index (χ1) is 66.7. The summed E-state index contributed by atoms with van der Waals surface area (Å²) in [5.74, 6) is 5.96. The topological polar surface area (TPSA) is 274 Å².